The number of rotatable bonds is 3. The van der Waals surface area contributed by atoms with E-state index in [4.69, 9.17) is 0 Å². The zero-order valence-electron chi connectivity index (χ0n) is 11.7. The zero-order valence-corrected chi connectivity index (χ0v) is 11.7. The van der Waals surface area contributed by atoms with Gasteiger partial charge in [-0.15, -0.1) is 0 Å². The van der Waals surface area contributed by atoms with Gasteiger partial charge in [0.1, 0.15) is 6.04 Å². The van der Waals surface area contributed by atoms with E-state index < -0.39 is 12.0 Å². The van der Waals surface area contributed by atoms with Crippen LogP contribution in [0, 0.1) is 5.92 Å². The molecule has 5 nitrogen and oxygen atoms in total. The number of carboxylic acids is 1. The van der Waals surface area contributed by atoms with Gasteiger partial charge in [0.25, 0.3) is 0 Å². The lowest BCUT2D eigenvalue weighted by atomic mass is 10.0. The van der Waals surface area contributed by atoms with E-state index in [1.807, 2.05) is 16.7 Å². The highest BCUT2D eigenvalue weighted by atomic mass is 16.4. The summed E-state index contributed by atoms with van der Waals surface area (Å²) in [6.45, 7) is 4.61. The fourth-order valence-electron chi connectivity index (χ4n) is 3.20. The van der Waals surface area contributed by atoms with Crippen molar-refractivity contribution in [2.24, 2.45) is 5.92 Å². The maximum Gasteiger partial charge on any atom is 0.321 e. The standard InChI is InChI=1S/C14H24N2O3/c1-11-6-9-16(13(11)14(18)19)10-12(17)15-7-4-2-3-5-8-15/h11,13H,2-10H2,1H3,(H,18,19). The number of carboxylic acid groups (broad SMARTS) is 1. The molecule has 0 spiro atoms. The summed E-state index contributed by atoms with van der Waals surface area (Å²) < 4.78 is 0. The summed E-state index contributed by atoms with van der Waals surface area (Å²) >= 11 is 0. The molecule has 2 fully saturated rings. The Labute approximate surface area is 114 Å². The Hall–Kier alpha value is -1.10. The molecule has 2 aliphatic heterocycles. The van der Waals surface area contributed by atoms with Crippen LogP contribution in [0.4, 0.5) is 0 Å². The summed E-state index contributed by atoms with van der Waals surface area (Å²) in [6.07, 6.45) is 5.41. The number of nitrogens with zero attached hydrogens (tertiary/aromatic N) is 2. The van der Waals surface area contributed by atoms with Gasteiger partial charge in [0, 0.05) is 13.1 Å². The first-order valence-electron chi connectivity index (χ1n) is 7.34. The molecule has 0 aromatic carbocycles. The van der Waals surface area contributed by atoms with Crippen LogP contribution >= 0.6 is 0 Å². The van der Waals surface area contributed by atoms with Crippen molar-refractivity contribution in [2.45, 2.75) is 45.1 Å². The maximum absolute atomic E-state index is 12.3. The minimum Gasteiger partial charge on any atom is -0.480 e. The number of likely N-dealkylation sites (tertiary alicyclic amines) is 2. The summed E-state index contributed by atoms with van der Waals surface area (Å²) in [5.41, 5.74) is 0. The van der Waals surface area contributed by atoms with Gasteiger partial charge in [0.15, 0.2) is 0 Å². The second-order valence-corrected chi connectivity index (χ2v) is 5.81. The average Bonchev–Trinajstić information content (AvgIpc) is 2.59. The van der Waals surface area contributed by atoms with E-state index in [9.17, 15) is 14.7 Å². The molecule has 0 aromatic heterocycles. The number of carbonyl (C=O) groups is 2. The van der Waals surface area contributed by atoms with Crippen LogP contribution < -0.4 is 0 Å². The van der Waals surface area contributed by atoms with Crippen molar-refractivity contribution in [3.05, 3.63) is 0 Å². The molecular formula is C14H24N2O3. The van der Waals surface area contributed by atoms with Crippen molar-refractivity contribution >= 4 is 11.9 Å². The molecule has 2 aliphatic rings. The van der Waals surface area contributed by atoms with Gasteiger partial charge in [-0.25, -0.2) is 0 Å². The molecule has 2 saturated heterocycles. The van der Waals surface area contributed by atoms with Crippen LogP contribution in [-0.2, 0) is 9.59 Å². The molecule has 0 radical (unpaired) electrons. The van der Waals surface area contributed by atoms with Crippen molar-refractivity contribution < 1.29 is 14.7 Å². The van der Waals surface area contributed by atoms with Crippen molar-refractivity contribution in [3.63, 3.8) is 0 Å². The van der Waals surface area contributed by atoms with E-state index >= 15 is 0 Å². The maximum atomic E-state index is 12.3. The molecule has 2 unspecified atom stereocenters. The first-order chi connectivity index (χ1) is 9.09. The summed E-state index contributed by atoms with van der Waals surface area (Å²) in [5.74, 6) is -0.564. The fraction of sp³-hybridized carbons (Fsp3) is 0.857. The van der Waals surface area contributed by atoms with Crippen molar-refractivity contribution in [3.8, 4) is 0 Å². The molecule has 2 atom stereocenters. The minimum atomic E-state index is -0.798. The smallest absolute Gasteiger partial charge is 0.321 e. The third-order valence-electron chi connectivity index (χ3n) is 4.35. The van der Waals surface area contributed by atoms with Crippen LogP contribution in [0.15, 0.2) is 0 Å². The lowest BCUT2D eigenvalue weighted by Gasteiger charge is -2.27. The summed E-state index contributed by atoms with van der Waals surface area (Å²) in [4.78, 5) is 27.3. The second kappa shape index (κ2) is 6.37. The normalized spacial score (nSPS) is 29.2. The van der Waals surface area contributed by atoms with Gasteiger partial charge in [-0.1, -0.05) is 19.8 Å². The number of hydrogen-bond donors (Lipinski definition) is 1. The Kier molecular flexibility index (Phi) is 4.80. The molecule has 0 bridgehead atoms. The molecule has 108 valence electrons. The Bertz CT molecular complexity index is 338. The highest BCUT2D eigenvalue weighted by Gasteiger charge is 2.38. The molecule has 5 heteroatoms. The van der Waals surface area contributed by atoms with E-state index in [-0.39, 0.29) is 18.4 Å². The van der Waals surface area contributed by atoms with Crippen LogP contribution in [0.1, 0.15) is 39.0 Å². The Morgan fingerprint density at radius 1 is 1.11 bits per heavy atom. The van der Waals surface area contributed by atoms with Crippen LogP contribution in [0.5, 0.6) is 0 Å². The molecule has 0 aromatic rings. The van der Waals surface area contributed by atoms with Crippen LogP contribution in [-0.4, -0.2) is 59.0 Å². The third kappa shape index (κ3) is 3.47. The summed E-state index contributed by atoms with van der Waals surface area (Å²) in [5, 5.41) is 9.26. The Morgan fingerprint density at radius 3 is 2.32 bits per heavy atom. The lowest BCUT2D eigenvalue weighted by Crippen LogP contribution is -2.46. The van der Waals surface area contributed by atoms with Crippen molar-refractivity contribution in [1.82, 2.24) is 9.80 Å². The van der Waals surface area contributed by atoms with E-state index in [0.717, 1.165) is 38.9 Å². The first-order valence-corrected chi connectivity index (χ1v) is 7.34. The number of carbonyl (C=O) groups excluding carboxylic acids is 1. The van der Waals surface area contributed by atoms with Gasteiger partial charge in [-0.2, -0.15) is 0 Å². The highest BCUT2D eigenvalue weighted by molar-refractivity contribution is 5.80. The summed E-state index contributed by atoms with van der Waals surface area (Å²) in [7, 11) is 0. The molecule has 0 saturated carbocycles. The predicted octanol–water partition coefficient (Wildman–Crippen LogP) is 1.18. The molecule has 1 amide bonds. The van der Waals surface area contributed by atoms with Crippen molar-refractivity contribution in [2.75, 3.05) is 26.2 Å². The van der Waals surface area contributed by atoms with Gasteiger partial charge in [0.2, 0.25) is 5.91 Å². The van der Waals surface area contributed by atoms with Gasteiger partial charge >= 0.3 is 5.97 Å². The molecule has 2 rings (SSSR count). The van der Waals surface area contributed by atoms with Gasteiger partial charge in [0.05, 0.1) is 6.54 Å². The van der Waals surface area contributed by atoms with E-state index in [2.05, 4.69) is 0 Å². The van der Waals surface area contributed by atoms with Crippen LogP contribution in [0.25, 0.3) is 0 Å². The van der Waals surface area contributed by atoms with Crippen molar-refractivity contribution in [1.29, 1.82) is 0 Å². The summed E-state index contributed by atoms with van der Waals surface area (Å²) in [6, 6.07) is -0.490. The molecule has 1 N–H and O–H groups in total. The molecule has 0 aliphatic carbocycles. The number of amides is 1. The fourth-order valence-corrected chi connectivity index (χ4v) is 3.20. The van der Waals surface area contributed by atoms with E-state index in [0.29, 0.717) is 0 Å². The van der Waals surface area contributed by atoms with E-state index in [1.54, 1.807) is 0 Å². The molecular weight excluding hydrogens is 244 g/mol. The number of aliphatic carboxylic acids is 1. The third-order valence-corrected chi connectivity index (χ3v) is 4.35. The minimum absolute atomic E-state index is 0.0993. The monoisotopic (exact) mass is 268 g/mol. The van der Waals surface area contributed by atoms with Gasteiger partial charge < -0.3 is 10.0 Å². The molecule has 2 heterocycles. The van der Waals surface area contributed by atoms with Crippen LogP contribution in [0.3, 0.4) is 0 Å². The predicted molar refractivity (Wildman–Crippen MR) is 71.8 cm³/mol. The largest absolute Gasteiger partial charge is 0.480 e. The molecule has 19 heavy (non-hydrogen) atoms. The zero-order chi connectivity index (χ0) is 13.8. The average molecular weight is 268 g/mol. The SMILES string of the molecule is CC1CCN(CC(=O)N2CCCCCC2)C1C(=O)O. The van der Waals surface area contributed by atoms with Gasteiger partial charge in [-0.3, -0.25) is 14.5 Å². The van der Waals surface area contributed by atoms with Crippen LogP contribution in [0.2, 0.25) is 0 Å². The number of hydrogen-bond acceptors (Lipinski definition) is 3. The lowest BCUT2D eigenvalue weighted by molar-refractivity contribution is -0.144. The second-order valence-electron chi connectivity index (χ2n) is 5.81. The quantitative estimate of drug-likeness (QED) is 0.835. The van der Waals surface area contributed by atoms with Gasteiger partial charge in [-0.05, 0) is 31.7 Å². The Morgan fingerprint density at radius 2 is 1.74 bits per heavy atom. The van der Waals surface area contributed by atoms with E-state index in [1.165, 1.54) is 12.8 Å². The Balaban J connectivity index is 1.92. The first kappa shape index (κ1) is 14.3. The topological polar surface area (TPSA) is 60.9 Å². The highest BCUT2D eigenvalue weighted by Crippen LogP contribution is 2.24.